The summed E-state index contributed by atoms with van der Waals surface area (Å²) in [7, 11) is -7.29. The first kappa shape index (κ1) is 23.5. The summed E-state index contributed by atoms with van der Waals surface area (Å²) in [4.78, 5) is 12.7. The number of amides is 1. The highest BCUT2D eigenvalue weighted by molar-refractivity contribution is 7.92. The fourth-order valence-corrected chi connectivity index (χ4v) is 5.85. The molecular weight excluding hydrogens is 462 g/mol. The molecule has 2 aromatic rings. The average Bonchev–Trinajstić information content (AvgIpc) is 2.68. The van der Waals surface area contributed by atoms with Gasteiger partial charge in [0.05, 0.1) is 22.8 Å². The lowest BCUT2D eigenvalue weighted by molar-refractivity contribution is -0.120. The number of hydrogen-bond acceptors (Lipinski definition) is 5. The number of hydrogen-bond donors (Lipinski definition) is 2. The Labute approximate surface area is 187 Å². The topological polar surface area (TPSA) is 113 Å². The maximum Gasteiger partial charge on any atom is 0.262 e. The molecule has 0 bridgehead atoms. The first-order chi connectivity index (χ1) is 14.5. The minimum atomic E-state index is -3.92. The van der Waals surface area contributed by atoms with E-state index in [1.807, 2.05) is 0 Å². The van der Waals surface area contributed by atoms with Gasteiger partial charge in [0.15, 0.2) is 0 Å². The van der Waals surface area contributed by atoms with Gasteiger partial charge in [0.25, 0.3) is 10.0 Å². The second-order valence-corrected chi connectivity index (χ2v) is 11.6. The average molecular weight is 486 g/mol. The van der Waals surface area contributed by atoms with E-state index < -0.39 is 26.0 Å². The number of piperidine rings is 1. The molecule has 8 nitrogen and oxygen atoms in total. The number of halogens is 1. The zero-order valence-electron chi connectivity index (χ0n) is 17.1. The summed E-state index contributed by atoms with van der Waals surface area (Å²) in [6.07, 6.45) is 2.27. The van der Waals surface area contributed by atoms with E-state index in [2.05, 4.69) is 10.0 Å². The third-order valence-corrected chi connectivity index (χ3v) is 8.07. The summed E-state index contributed by atoms with van der Waals surface area (Å²) < 4.78 is 53.1. The molecule has 31 heavy (non-hydrogen) atoms. The van der Waals surface area contributed by atoms with Crippen molar-refractivity contribution < 1.29 is 21.6 Å². The Morgan fingerprint density at radius 2 is 1.84 bits per heavy atom. The van der Waals surface area contributed by atoms with Crippen molar-refractivity contribution in [3.8, 4) is 0 Å². The Bertz CT molecular complexity index is 1200. The van der Waals surface area contributed by atoms with E-state index in [-0.39, 0.29) is 17.3 Å². The quantitative estimate of drug-likeness (QED) is 0.652. The van der Waals surface area contributed by atoms with Crippen molar-refractivity contribution in [3.05, 3.63) is 53.1 Å². The van der Waals surface area contributed by atoms with E-state index in [0.717, 1.165) is 6.26 Å². The highest BCUT2D eigenvalue weighted by Gasteiger charge is 2.30. The largest absolute Gasteiger partial charge is 0.326 e. The van der Waals surface area contributed by atoms with Crippen molar-refractivity contribution in [1.29, 1.82) is 0 Å². The van der Waals surface area contributed by atoms with E-state index in [9.17, 15) is 21.6 Å². The smallest absolute Gasteiger partial charge is 0.262 e. The number of rotatable bonds is 6. The van der Waals surface area contributed by atoms with Crippen LogP contribution in [0.15, 0.2) is 47.4 Å². The first-order valence-electron chi connectivity index (χ1n) is 9.61. The molecule has 0 aliphatic carbocycles. The van der Waals surface area contributed by atoms with Crippen LogP contribution in [0.1, 0.15) is 18.4 Å². The minimum absolute atomic E-state index is 0.0201. The van der Waals surface area contributed by atoms with E-state index in [1.54, 1.807) is 37.3 Å². The summed E-state index contributed by atoms with van der Waals surface area (Å²) in [5, 5.41) is 3.12. The zero-order valence-corrected chi connectivity index (χ0v) is 19.5. The van der Waals surface area contributed by atoms with Gasteiger partial charge in [-0.15, -0.1) is 0 Å². The predicted octanol–water partition coefficient (Wildman–Crippen LogP) is 3.06. The third kappa shape index (κ3) is 5.97. The summed E-state index contributed by atoms with van der Waals surface area (Å²) in [6, 6.07) is 11.0. The van der Waals surface area contributed by atoms with Gasteiger partial charge in [-0.1, -0.05) is 23.7 Å². The van der Waals surface area contributed by atoms with Crippen molar-refractivity contribution in [3.63, 3.8) is 0 Å². The number of sulfonamides is 2. The Hall–Kier alpha value is -2.14. The lowest BCUT2D eigenvalue weighted by atomic mass is 9.98. The molecule has 11 heteroatoms. The summed E-state index contributed by atoms with van der Waals surface area (Å²) >= 11 is 5.92. The molecular formula is C20H24ClN3O5S2. The van der Waals surface area contributed by atoms with E-state index in [0.29, 0.717) is 41.3 Å². The van der Waals surface area contributed by atoms with Crippen LogP contribution in [-0.2, 0) is 24.8 Å². The Morgan fingerprint density at radius 3 is 2.52 bits per heavy atom. The van der Waals surface area contributed by atoms with Crippen LogP contribution in [0.4, 0.5) is 11.4 Å². The number of aryl methyl sites for hydroxylation is 1. The molecule has 1 aliphatic rings. The predicted molar refractivity (Wildman–Crippen MR) is 121 cm³/mol. The fraction of sp³-hybridized carbons (Fsp3) is 0.350. The van der Waals surface area contributed by atoms with Gasteiger partial charge in [0.1, 0.15) is 0 Å². The number of anilines is 2. The zero-order chi connectivity index (χ0) is 22.8. The summed E-state index contributed by atoms with van der Waals surface area (Å²) in [5.74, 6) is -0.849. The highest BCUT2D eigenvalue weighted by atomic mass is 35.5. The molecule has 1 amide bonds. The maximum atomic E-state index is 12.9. The second kappa shape index (κ2) is 9.15. The molecule has 0 spiro atoms. The molecule has 3 rings (SSSR count). The lowest BCUT2D eigenvalue weighted by Gasteiger charge is -2.30. The monoisotopic (exact) mass is 485 g/mol. The molecule has 1 aliphatic heterocycles. The van der Waals surface area contributed by atoms with Crippen molar-refractivity contribution in [2.45, 2.75) is 24.7 Å². The van der Waals surface area contributed by atoms with E-state index >= 15 is 0 Å². The number of carbonyl (C=O) groups excluding carboxylic acids is 1. The van der Waals surface area contributed by atoms with Crippen LogP contribution in [0.2, 0.25) is 5.02 Å². The van der Waals surface area contributed by atoms with Crippen molar-refractivity contribution in [2.24, 2.45) is 5.92 Å². The van der Waals surface area contributed by atoms with Crippen LogP contribution < -0.4 is 10.0 Å². The van der Waals surface area contributed by atoms with Crippen LogP contribution in [0.3, 0.4) is 0 Å². The number of nitrogens with zero attached hydrogens (tertiary/aromatic N) is 1. The number of carbonyl (C=O) groups is 1. The van der Waals surface area contributed by atoms with E-state index in [4.69, 9.17) is 11.6 Å². The van der Waals surface area contributed by atoms with Gasteiger partial charge in [-0.05, 0) is 55.7 Å². The molecule has 1 heterocycles. The van der Waals surface area contributed by atoms with Gasteiger partial charge in [-0.3, -0.25) is 9.52 Å². The molecule has 0 aromatic heterocycles. The van der Waals surface area contributed by atoms with Gasteiger partial charge >= 0.3 is 0 Å². The SMILES string of the molecule is Cc1ccc(NC(=O)C2CCCN(S(C)(=O)=O)C2)cc1S(=O)(=O)Nc1cccc(Cl)c1. The maximum absolute atomic E-state index is 12.9. The molecule has 1 unspecified atom stereocenters. The number of nitrogens with one attached hydrogen (secondary N) is 2. The summed E-state index contributed by atoms with van der Waals surface area (Å²) in [5.41, 5.74) is 1.15. The fourth-order valence-electron chi connectivity index (χ4n) is 3.43. The van der Waals surface area contributed by atoms with Crippen LogP contribution >= 0.6 is 11.6 Å². The number of benzene rings is 2. The third-order valence-electron chi connectivity index (χ3n) is 5.05. The van der Waals surface area contributed by atoms with Gasteiger partial charge in [-0.25, -0.2) is 21.1 Å². The molecule has 0 saturated carbocycles. The van der Waals surface area contributed by atoms with Gasteiger partial charge in [-0.2, -0.15) is 0 Å². The minimum Gasteiger partial charge on any atom is -0.326 e. The summed E-state index contributed by atoms with van der Waals surface area (Å²) in [6.45, 7) is 2.16. The van der Waals surface area contributed by atoms with Crippen LogP contribution in [0.25, 0.3) is 0 Å². The van der Waals surface area contributed by atoms with Crippen LogP contribution in [-0.4, -0.2) is 46.4 Å². The highest BCUT2D eigenvalue weighted by Crippen LogP contribution is 2.26. The molecule has 1 fully saturated rings. The molecule has 2 aromatic carbocycles. The molecule has 168 valence electrons. The van der Waals surface area contributed by atoms with Crippen LogP contribution in [0.5, 0.6) is 0 Å². The van der Waals surface area contributed by atoms with Crippen molar-refractivity contribution in [1.82, 2.24) is 4.31 Å². The lowest BCUT2D eigenvalue weighted by Crippen LogP contribution is -2.43. The Kier molecular flexibility index (Phi) is 6.95. The van der Waals surface area contributed by atoms with Crippen molar-refractivity contribution >= 4 is 48.9 Å². The molecule has 2 N–H and O–H groups in total. The molecule has 1 atom stereocenters. The van der Waals surface area contributed by atoms with E-state index in [1.165, 1.54) is 16.4 Å². The van der Waals surface area contributed by atoms with Crippen molar-refractivity contribution in [2.75, 3.05) is 29.4 Å². The standard InChI is InChI=1S/C20H24ClN3O5S2/c1-14-8-9-17(22-20(25)15-5-4-10-24(13-15)30(2,26)27)12-19(14)31(28,29)23-18-7-3-6-16(21)11-18/h3,6-9,11-12,15,23H,4-5,10,13H2,1-2H3,(H,22,25). The molecule has 1 saturated heterocycles. The Morgan fingerprint density at radius 1 is 1.10 bits per heavy atom. The second-order valence-electron chi connectivity index (χ2n) is 7.55. The van der Waals surface area contributed by atoms with Gasteiger partial charge in [0, 0.05) is 23.8 Å². The normalized spacial score (nSPS) is 17.8. The van der Waals surface area contributed by atoms with Crippen LogP contribution in [0, 0.1) is 12.8 Å². The van der Waals surface area contributed by atoms with Gasteiger partial charge < -0.3 is 5.32 Å². The Balaban J connectivity index is 1.78. The first-order valence-corrected chi connectivity index (χ1v) is 13.3. The molecule has 0 radical (unpaired) electrons. The van der Waals surface area contributed by atoms with Gasteiger partial charge in [0.2, 0.25) is 15.9 Å².